The molecule has 2 amide bonds. The van der Waals surface area contributed by atoms with Crippen molar-refractivity contribution in [3.63, 3.8) is 0 Å². The molecular weight excluding hydrogens is 320 g/mol. The summed E-state index contributed by atoms with van der Waals surface area (Å²) in [6.45, 7) is 5.46. The molecular formula is C18H22N4O3. The SMILES string of the molecule is Cc1cc(NC(=O)CNc2ccc(C(=O)N3CCCC3)cc2C)on1. The number of carbonyl (C=O) groups is 2. The molecule has 1 aliphatic rings. The number of amides is 2. The van der Waals surface area contributed by atoms with Crippen LogP contribution in [0.5, 0.6) is 0 Å². The number of aromatic nitrogens is 1. The molecule has 7 heteroatoms. The van der Waals surface area contributed by atoms with E-state index in [1.807, 2.05) is 24.0 Å². The zero-order valence-corrected chi connectivity index (χ0v) is 14.5. The lowest BCUT2D eigenvalue weighted by Crippen LogP contribution is -2.27. The number of anilines is 2. The van der Waals surface area contributed by atoms with E-state index in [9.17, 15) is 9.59 Å². The number of rotatable bonds is 5. The lowest BCUT2D eigenvalue weighted by molar-refractivity contribution is -0.114. The van der Waals surface area contributed by atoms with Gasteiger partial charge in [-0.3, -0.25) is 14.9 Å². The first kappa shape index (κ1) is 17.0. The van der Waals surface area contributed by atoms with Gasteiger partial charge in [-0.2, -0.15) is 0 Å². The molecule has 132 valence electrons. The van der Waals surface area contributed by atoms with Gasteiger partial charge in [-0.15, -0.1) is 0 Å². The Balaban J connectivity index is 1.57. The predicted octanol–water partition coefficient (Wildman–Crippen LogP) is 2.58. The van der Waals surface area contributed by atoms with E-state index in [4.69, 9.17) is 4.52 Å². The fourth-order valence-corrected chi connectivity index (χ4v) is 2.88. The third-order valence-electron chi connectivity index (χ3n) is 4.20. The summed E-state index contributed by atoms with van der Waals surface area (Å²) in [6, 6.07) is 7.15. The highest BCUT2D eigenvalue weighted by molar-refractivity contribution is 5.95. The zero-order valence-electron chi connectivity index (χ0n) is 14.5. The average Bonchev–Trinajstić information content (AvgIpc) is 3.25. The second-order valence-corrected chi connectivity index (χ2v) is 6.26. The van der Waals surface area contributed by atoms with E-state index in [0.717, 1.165) is 37.2 Å². The molecule has 2 aromatic rings. The summed E-state index contributed by atoms with van der Waals surface area (Å²) in [7, 11) is 0. The van der Waals surface area contributed by atoms with Crippen molar-refractivity contribution in [3.05, 3.63) is 41.1 Å². The van der Waals surface area contributed by atoms with Crippen molar-refractivity contribution < 1.29 is 14.1 Å². The highest BCUT2D eigenvalue weighted by Crippen LogP contribution is 2.19. The molecule has 0 bridgehead atoms. The number of nitrogens with zero attached hydrogens (tertiary/aromatic N) is 2. The molecule has 1 aliphatic heterocycles. The molecule has 25 heavy (non-hydrogen) atoms. The van der Waals surface area contributed by atoms with Crippen LogP contribution < -0.4 is 10.6 Å². The highest BCUT2D eigenvalue weighted by Gasteiger charge is 2.19. The van der Waals surface area contributed by atoms with Crippen LogP contribution in [0.15, 0.2) is 28.8 Å². The number of carbonyl (C=O) groups excluding carboxylic acids is 2. The van der Waals surface area contributed by atoms with Crippen LogP contribution in [0.2, 0.25) is 0 Å². The molecule has 1 fully saturated rings. The van der Waals surface area contributed by atoms with Gasteiger partial charge < -0.3 is 14.7 Å². The minimum Gasteiger partial charge on any atom is -0.376 e. The van der Waals surface area contributed by atoms with Crippen molar-refractivity contribution in [1.82, 2.24) is 10.1 Å². The molecule has 0 aliphatic carbocycles. The quantitative estimate of drug-likeness (QED) is 0.872. The van der Waals surface area contributed by atoms with Gasteiger partial charge in [0.25, 0.3) is 5.91 Å². The summed E-state index contributed by atoms with van der Waals surface area (Å²) in [5, 5.41) is 9.42. The first-order valence-electron chi connectivity index (χ1n) is 8.40. The Kier molecular flexibility index (Phi) is 5.02. The van der Waals surface area contributed by atoms with Gasteiger partial charge in [0.2, 0.25) is 11.8 Å². The van der Waals surface area contributed by atoms with E-state index < -0.39 is 0 Å². The first-order chi connectivity index (χ1) is 12.0. The summed E-state index contributed by atoms with van der Waals surface area (Å²) in [4.78, 5) is 26.2. The van der Waals surface area contributed by atoms with E-state index in [-0.39, 0.29) is 18.4 Å². The van der Waals surface area contributed by atoms with Gasteiger partial charge in [0.05, 0.1) is 12.2 Å². The predicted molar refractivity (Wildman–Crippen MR) is 94.7 cm³/mol. The van der Waals surface area contributed by atoms with Crippen LogP contribution in [0.3, 0.4) is 0 Å². The molecule has 2 heterocycles. The van der Waals surface area contributed by atoms with Crippen molar-refractivity contribution in [2.45, 2.75) is 26.7 Å². The number of hydrogen-bond acceptors (Lipinski definition) is 5. The molecule has 0 saturated carbocycles. The number of likely N-dealkylation sites (tertiary alicyclic amines) is 1. The molecule has 0 atom stereocenters. The molecule has 1 aromatic heterocycles. The Morgan fingerprint density at radius 3 is 2.60 bits per heavy atom. The third kappa shape index (κ3) is 4.17. The van der Waals surface area contributed by atoms with Crippen LogP contribution in [0.4, 0.5) is 11.6 Å². The van der Waals surface area contributed by atoms with E-state index in [2.05, 4.69) is 15.8 Å². The van der Waals surface area contributed by atoms with Crippen LogP contribution >= 0.6 is 0 Å². The number of benzene rings is 1. The topological polar surface area (TPSA) is 87.5 Å². The number of aryl methyl sites for hydroxylation is 2. The van der Waals surface area contributed by atoms with E-state index >= 15 is 0 Å². The minimum atomic E-state index is -0.229. The average molecular weight is 342 g/mol. The van der Waals surface area contributed by atoms with Crippen molar-refractivity contribution in [2.75, 3.05) is 30.3 Å². The number of nitrogens with one attached hydrogen (secondary N) is 2. The minimum absolute atomic E-state index is 0.0746. The Bertz CT molecular complexity index is 778. The molecule has 1 aromatic carbocycles. The van der Waals surface area contributed by atoms with Gasteiger partial charge in [-0.25, -0.2) is 0 Å². The smallest absolute Gasteiger partial charge is 0.253 e. The molecule has 0 spiro atoms. The third-order valence-corrected chi connectivity index (χ3v) is 4.20. The fourth-order valence-electron chi connectivity index (χ4n) is 2.88. The van der Waals surface area contributed by atoms with Gasteiger partial charge in [0.15, 0.2) is 0 Å². The molecule has 3 rings (SSSR count). The molecule has 1 saturated heterocycles. The fraction of sp³-hybridized carbons (Fsp3) is 0.389. The summed E-state index contributed by atoms with van der Waals surface area (Å²) >= 11 is 0. The second-order valence-electron chi connectivity index (χ2n) is 6.26. The maximum absolute atomic E-state index is 12.4. The molecule has 7 nitrogen and oxygen atoms in total. The maximum atomic E-state index is 12.4. The van der Waals surface area contributed by atoms with Crippen molar-refractivity contribution in [2.24, 2.45) is 0 Å². The van der Waals surface area contributed by atoms with Crippen LogP contribution in [0.1, 0.15) is 34.5 Å². The second kappa shape index (κ2) is 7.38. The van der Waals surface area contributed by atoms with Gasteiger partial charge in [0.1, 0.15) is 0 Å². The Morgan fingerprint density at radius 2 is 1.96 bits per heavy atom. The largest absolute Gasteiger partial charge is 0.376 e. The lowest BCUT2D eigenvalue weighted by atomic mass is 10.1. The summed E-state index contributed by atoms with van der Waals surface area (Å²) in [5.41, 5.74) is 3.14. The standard InChI is InChI=1S/C18H22N4O3/c1-12-9-14(18(24)22-7-3-4-8-22)5-6-15(12)19-11-16(23)20-17-10-13(2)21-25-17/h5-6,9-10,19H,3-4,7-8,11H2,1-2H3,(H,20,23). The van der Waals surface area contributed by atoms with E-state index in [1.165, 1.54) is 0 Å². The van der Waals surface area contributed by atoms with Crippen LogP contribution in [0.25, 0.3) is 0 Å². The van der Waals surface area contributed by atoms with Crippen LogP contribution in [-0.4, -0.2) is 41.5 Å². The Morgan fingerprint density at radius 1 is 1.20 bits per heavy atom. The summed E-state index contributed by atoms with van der Waals surface area (Å²) < 4.78 is 4.95. The van der Waals surface area contributed by atoms with Gasteiger partial charge in [-0.1, -0.05) is 5.16 Å². The van der Waals surface area contributed by atoms with Crippen molar-refractivity contribution in [3.8, 4) is 0 Å². The highest BCUT2D eigenvalue weighted by atomic mass is 16.5. The van der Waals surface area contributed by atoms with Crippen molar-refractivity contribution in [1.29, 1.82) is 0 Å². The number of hydrogen-bond donors (Lipinski definition) is 2. The normalized spacial score (nSPS) is 13.8. The maximum Gasteiger partial charge on any atom is 0.253 e. The van der Waals surface area contributed by atoms with Gasteiger partial charge in [-0.05, 0) is 50.5 Å². The van der Waals surface area contributed by atoms with E-state index in [0.29, 0.717) is 17.1 Å². The van der Waals surface area contributed by atoms with E-state index in [1.54, 1.807) is 19.1 Å². The first-order valence-corrected chi connectivity index (χ1v) is 8.40. The van der Waals surface area contributed by atoms with Gasteiger partial charge in [0, 0.05) is 30.4 Å². The zero-order chi connectivity index (χ0) is 17.8. The summed E-state index contributed by atoms with van der Waals surface area (Å²) in [6.07, 6.45) is 2.15. The molecule has 0 radical (unpaired) electrons. The molecule has 2 N–H and O–H groups in total. The van der Waals surface area contributed by atoms with Crippen LogP contribution in [-0.2, 0) is 4.79 Å². The van der Waals surface area contributed by atoms with Crippen molar-refractivity contribution >= 4 is 23.4 Å². The summed E-state index contributed by atoms with van der Waals surface area (Å²) in [5.74, 6) is 0.172. The van der Waals surface area contributed by atoms with Crippen LogP contribution in [0, 0.1) is 13.8 Å². The van der Waals surface area contributed by atoms with Gasteiger partial charge >= 0.3 is 0 Å². The lowest BCUT2D eigenvalue weighted by Gasteiger charge is -2.16. The Hall–Kier alpha value is -2.83. The molecule has 0 unspecified atom stereocenters. The Labute approximate surface area is 146 Å². The monoisotopic (exact) mass is 342 g/mol.